The van der Waals surface area contributed by atoms with Gasteiger partial charge in [-0.3, -0.25) is 0 Å². The smallest absolute Gasteiger partial charge is 0.123 e. The SMILES string of the molecule is CCCCCCCc1cccc(OC)c1CBr. The van der Waals surface area contributed by atoms with Crippen LogP contribution in [0.1, 0.15) is 50.2 Å². The maximum atomic E-state index is 5.39. The lowest BCUT2D eigenvalue weighted by Gasteiger charge is -2.11. The van der Waals surface area contributed by atoms with E-state index < -0.39 is 0 Å². The fourth-order valence-corrected chi connectivity index (χ4v) is 2.74. The van der Waals surface area contributed by atoms with Crippen LogP contribution in [0.15, 0.2) is 18.2 Å². The van der Waals surface area contributed by atoms with Gasteiger partial charge in [-0.2, -0.15) is 0 Å². The van der Waals surface area contributed by atoms with E-state index in [0.717, 1.165) is 11.1 Å². The lowest BCUT2D eigenvalue weighted by atomic mass is 10.0. The van der Waals surface area contributed by atoms with Crippen LogP contribution in [0, 0.1) is 0 Å². The maximum Gasteiger partial charge on any atom is 0.123 e. The highest BCUT2D eigenvalue weighted by Gasteiger charge is 2.07. The summed E-state index contributed by atoms with van der Waals surface area (Å²) in [5.74, 6) is 1.01. The molecule has 0 aromatic heterocycles. The molecule has 0 fully saturated rings. The second kappa shape index (κ2) is 8.57. The molecule has 0 unspecified atom stereocenters. The van der Waals surface area contributed by atoms with Gasteiger partial charge in [-0.15, -0.1) is 0 Å². The summed E-state index contributed by atoms with van der Waals surface area (Å²) in [6.07, 6.45) is 7.83. The number of halogens is 1. The van der Waals surface area contributed by atoms with Crippen LogP contribution < -0.4 is 4.74 Å². The van der Waals surface area contributed by atoms with Crippen molar-refractivity contribution in [2.75, 3.05) is 7.11 Å². The van der Waals surface area contributed by atoms with Crippen LogP contribution in [-0.4, -0.2) is 7.11 Å². The summed E-state index contributed by atoms with van der Waals surface area (Å²) in [6, 6.07) is 6.35. The third-order valence-electron chi connectivity index (χ3n) is 3.13. The number of unbranched alkanes of at least 4 members (excludes halogenated alkanes) is 4. The van der Waals surface area contributed by atoms with Crippen LogP contribution in [0.3, 0.4) is 0 Å². The molecule has 1 aromatic carbocycles. The zero-order valence-corrected chi connectivity index (χ0v) is 12.6. The Morgan fingerprint density at radius 1 is 1.12 bits per heavy atom. The van der Waals surface area contributed by atoms with Crippen molar-refractivity contribution in [3.8, 4) is 5.75 Å². The first-order chi connectivity index (χ1) is 8.33. The van der Waals surface area contributed by atoms with Gasteiger partial charge in [0.25, 0.3) is 0 Å². The fraction of sp³-hybridized carbons (Fsp3) is 0.600. The molecule has 1 aromatic rings. The van der Waals surface area contributed by atoms with Crippen molar-refractivity contribution in [3.63, 3.8) is 0 Å². The zero-order chi connectivity index (χ0) is 12.5. The molecular formula is C15H23BrO. The van der Waals surface area contributed by atoms with Crippen LogP contribution >= 0.6 is 15.9 Å². The van der Waals surface area contributed by atoms with Crippen molar-refractivity contribution in [3.05, 3.63) is 29.3 Å². The minimum Gasteiger partial charge on any atom is -0.496 e. The molecule has 1 rings (SSSR count). The molecule has 0 N–H and O–H groups in total. The highest BCUT2D eigenvalue weighted by molar-refractivity contribution is 9.08. The summed E-state index contributed by atoms with van der Waals surface area (Å²) in [4.78, 5) is 0. The van der Waals surface area contributed by atoms with Gasteiger partial charge in [-0.25, -0.2) is 0 Å². The molecule has 0 spiro atoms. The van der Waals surface area contributed by atoms with Crippen LogP contribution in [0.4, 0.5) is 0 Å². The quantitative estimate of drug-likeness (QED) is 0.479. The minimum absolute atomic E-state index is 0.876. The summed E-state index contributed by atoms with van der Waals surface area (Å²) in [5, 5.41) is 0.876. The summed E-state index contributed by atoms with van der Waals surface area (Å²) in [5.41, 5.74) is 2.74. The number of aryl methyl sites for hydroxylation is 1. The largest absolute Gasteiger partial charge is 0.496 e. The van der Waals surface area contributed by atoms with E-state index in [1.165, 1.54) is 49.7 Å². The van der Waals surface area contributed by atoms with E-state index >= 15 is 0 Å². The van der Waals surface area contributed by atoms with E-state index in [-0.39, 0.29) is 0 Å². The average Bonchev–Trinajstić information content (AvgIpc) is 2.38. The molecule has 0 saturated carbocycles. The van der Waals surface area contributed by atoms with Gasteiger partial charge < -0.3 is 4.74 Å². The number of benzene rings is 1. The topological polar surface area (TPSA) is 9.23 Å². The molecular weight excluding hydrogens is 276 g/mol. The van der Waals surface area contributed by atoms with Gasteiger partial charge in [-0.05, 0) is 24.5 Å². The van der Waals surface area contributed by atoms with E-state index in [1.54, 1.807) is 7.11 Å². The molecule has 0 heterocycles. The van der Waals surface area contributed by atoms with Gasteiger partial charge in [0.05, 0.1) is 7.11 Å². The lowest BCUT2D eigenvalue weighted by molar-refractivity contribution is 0.410. The number of methoxy groups -OCH3 is 1. The monoisotopic (exact) mass is 298 g/mol. The Kier molecular flexibility index (Phi) is 7.34. The van der Waals surface area contributed by atoms with E-state index in [4.69, 9.17) is 4.74 Å². The van der Waals surface area contributed by atoms with Gasteiger partial charge in [0, 0.05) is 10.9 Å². The highest BCUT2D eigenvalue weighted by Crippen LogP contribution is 2.26. The third kappa shape index (κ3) is 4.71. The molecule has 1 nitrogen and oxygen atoms in total. The molecule has 0 saturated heterocycles. The molecule has 0 aliphatic heterocycles. The van der Waals surface area contributed by atoms with Gasteiger partial charge in [0.1, 0.15) is 5.75 Å². The van der Waals surface area contributed by atoms with E-state index in [0.29, 0.717) is 0 Å². The molecule has 96 valence electrons. The molecule has 0 atom stereocenters. The Bertz CT molecular complexity index is 323. The van der Waals surface area contributed by atoms with Crippen molar-refractivity contribution < 1.29 is 4.74 Å². The Morgan fingerprint density at radius 3 is 2.53 bits per heavy atom. The lowest BCUT2D eigenvalue weighted by Crippen LogP contribution is -1.96. The summed E-state index contributed by atoms with van der Waals surface area (Å²) in [7, 11) is 1.74. The van der Waals surface area contributed by atoms with Crippen molar-refractivity contribution in [1.29, 1.82) is 0 Å². The first kappa shape index (κ1) is 14.6. The van der Waals surface area contributed by atoms with Gasteiger partial charge in [0.15, 0.2) is 0 Å². The van der Waals surface area contributed by atoms with Gasteiger partial charge in [0.2, 0.25) is 0 Å². The van der Waals surface area contributed by atoms with Crippen molar-refractivity contribution in [2.45, 2.75) is 50.8 Å². The Balaban J connectivity index is 2.52. The molecule has 2 heteroatoms. The molecule has 0 aliphatic rings. The number of alkyl halides is 1. The molecule has 0 bridgehead atoms. The number of ether oxygens (including phenoxy) is 1. The first-order valence-corrected chi connectivity index (χ1v) is 7.66. The van der Waals surface area contributed by atoms with E-state index in [2.05, 4.69) is 35.0 Å². The Labute approximate surface area is 114 Å². The predicted octanol–water partition coefficient (Wildman–Crippen LogP) is 5.10. The zero-order valence-electron chi connectivity index (χ0n) is 11.0. The molecule has 0 amide bonds. The molecule has 0 radical (unpaired) electrons. The van der Waals surface area contributed by atoms with E-state index in [1.807, 2.05) is 6.07 Å². The van der Waals surface area contributed by atoms with Crippen molar-refractivity contribution in [2.24, 2.45) is 0 Å². The highest BCUT2D eigenvalue weighted by atomic mass is 79.9. The fourth-order valence-electron chi connectivity index (χ4n) is 2.11. The maximum absolute atomic E-state index is 5.39. The standard InChI is InChI=1S/C15H23BrO/c1-3-4-5-6-7-9-13-10-8-11-15(17-2)14(13)12-16/h8,10-11H,3-7,9,12H2,1-2H3. The number of hydrogen-bond donors (Lipinski definition) is 0. The Hall–Kier alpha value is -0.500. The third-order valence-corrected chi connectivity index (χ3v) is 3.69. The van der Waals surface area contributed by atoms with Crippen molar-refractivity contribution >= 4 is 15.9 Å². The Morgan fingerprint density at radius 2 is 1.88 bits per heavy atom. The second-order valence-corrected chi connectivity index (χ2v) is 4.96. The number of hydrogen-bond acceptors (Lipinski definition) is 1. The van der Waals surface area contributed by atoms with Crippen LogP contribution in [0.2, 0.25) is 0 Å². The van der Waals surface area contributed by atoms with Crippen molar-refractivity contribution in [1.82, 2.24) is 0 Å². The molecule has 17 heavy (non-hydrogen) atoms. The second-order valence-electron chi connectivity index (χ2n) is 4.40. The minimum atomic E-state index is 0.876. The first-order valence-electron chi connectivity index (χ1n) is 6.54. The summed E-state index contributed by atoms with van der Waals surface area (Å²) >= 11 is 3.55. The van der Waals surface area contributed by atoms with E-state index in [9.17, 15) is 0 Å². The molecule has 0 aliphatic carbocycles. The van der Waals surface area contributed by atoms with Gasteiger partial charge >= 0.3 is 0 Å². The van der Waals surface area contributed by atoms with Crippen LogP contribution in [0.25, 0.3) is 0 Å². The average molecular weight is 299 g/mol. The van der Waals surface area contributed by atoms with Crippen LogP contribution in [0.5, 0.6) is 5.75 Å². The summed E-state index contributed by atoms with van der Waals surface area (Å²) in [6.45, 7) is 2.25. The van der Waals surface area contributed by atoms with Crippen LogP contribution in [-0.2, 0) is 11.8 Å². The summed E-state index contributed by atoms with van der Waals surface area (Å²) < 4.78 is 5.39. The predicted molar refractivity (Wildman–Crippen MR) is 78.1 cm³/mol. The number of rotatable bonds is 8. The van der Waals surface area contributed by atoms with Gasteiger partial charge in [-0.1, -0.05) is 60.7 Å². The normalized spacial score (nSPS) is 10.5.